The molecular weight excluding hydrogens is 244 g/mol. The molecule has 2 saturated heterocycles. The smallest absolute Gasteiger partial charge is 0.178 e. The van der Waals surface area contributed by atoms with Crippen LogP contribution in [0.4, 0.5) is 0 Å². The maximum absolute atomic E-state index is 11.2. The first-order chi connectivity index (χ1) is 9.05. The summed E-state index contributed by atoms with van der Waals surface area (Å²) in [6.07, 6.45) is 10.0. The fourth-order valence-electron chi connectivity index (χ4n) is 3.25. The molecule has 2 unspecified atom stereocenters. The quantitative estimate of drug-likeness (QED) is 0.785. The third-order valence-corrected chi connectivity index (χ3v) is 4.25. The van der Waals surface area contributed by atoms with Gasteiger partial charge in [0.2, 0.25) is 0 Å². The van der Waals surface area contributed by atoms with Crippen LogP contribution in [0.1, 0.15) is 39.0 Å². The standard InChI is InChI=1S/C15H20O4/c1-2-13-9-12(17)10-15(18-13)8-7-14(19-15)5-3-11(16)4-6-14/h3-6,12-13,17H,2,7-10H2,1H3/t12?,13?,15-/m0/s1. The van der Waals surface area contributed by atoms with Gasteiger partial charge in [0.05, 0.1) is 12.2 Å². The Morgan fingerprint density at radius 3 is 2.79 bits per heavy atom. The molecule has 2 heterocycles. The Hall–Kier alpha value is -0.970. The number of carbonyl (C=O) groups is 1. The number of ether oxygens (including phenoxy) is 2. The van der Waals surface area contributed by atoms with E-state index >= 15 is 0 Å². The van der Waals surface area contributed by atoms with Crippen molar-refractivity contribution < 1.29 is 19.4 Å². The Kier molecular flexibility index (Phi) is 3.12. The summed E-state index contributed by atoms with van der Waals surface area (Å²) in [5.74, 6) is -0.695. The number of hydrogen-bond donors (Lipinski definition) is 1. The van der Waals surface area contributed by atoms with Crippen LogP contribution in [0.15, 0.2) is 24.3 Å². The molecule has 1 aliphatic carbocycles. The van der Waals surface area contributed by atoms with Crippen LogP contribution < -0.4 is 0 Å². The maximum atomic E-state index is 11.2. The van der Waals surface area contributed by atoms with Gasteiger partial charge in [0.1, 0.15) is 5.60 Å². The van der Waals surface area contributed by atoms with Gasteiger partial charge in [-0.1, -0.05) is 6.92 Å². The minimum absolute atomic E-state index is 0.00814. The van der Waals surface area contributed by atoms with E-state index in [4.69, 9.17) is 9.47 Å². The molecule has 0 bridgehead atoms. The molecule has 104 valence electrons. The van der Waals surface area contributed by atoms with Crippen LogP contribution in [-0.4, -0.2) is 34.5 Å². The molecule has 2 aliphatic heterocycles. The molecule has 0 amide bonds. The predicted molar refractivity (Wildman–Crippen MR) is 69.5 cm³/mol. The minimum atomic E-state index is -0.687. The monoisotopic (exact) mass is 264 g/mol. The molecule has 4 nitrogen and oxygen atoms in total. The van der Waals surface area contributed by atoms with E-state index < -0.39 is 11.4 Å². The number of allylic oxidation sites excluding steroid dienone is 2. The average Bonchev–Trinajstić information content (AvgIpc) is 2.71. The van der Waals surface area contributed by atoms with Crippen molar-refractivity contribution in [2.24, 2.45) is 0 Å². The maximum Gasteiger partial charge on any atom is 0.178 e. The van der Waals surface area contributed by atoms with Gasteiger partial charge >= 0.3 is 0 Å². The molecule has 19 heavy (non-hydrogen) atoms. The van der Waals surface area contributed by atoms with Crippen LogP contribution in [0.2, 0.25) is 0 Å². The number of carbonyl (C=O) groups excluding carboxylic acids is 1. The largest absolute Gasteiger partial charge is 0.393 e. The molecule has 3 rings (SSSR count). The van der Waals surface area contributed by atoms with Gasteiger partial charge in [0, 0.05) is 12.8 Å². The lowest BCUT2D eigenvalue weighted by atomic mass is 9.92. The number of aliphatic hydroxyl groups is 1. The molecule has 0 aromatic heterocycles. The number of ketones is 1. The number of rotatable bonds is 1. The van der Waals surface area contributed by atoms with E-state index in [1.165, 1.54) is 0 Å². The van der Waals surface area contributed by atoms with Gasteiger partial charge in [-0.05, 0) is 43.6 Å². The van der Waals surface area contributed by atoms with Crippen molar-refractivity contribution in [1.29, 1.82) is 0 Å². The van der Waals surface area contributed by atoms with Crippen molar-refractivity contribution in [3.05, 3.63) is 24.3 Å². The van der Waals surface area contributed by atoms with Crippen molar-refractivity contribution in [2.45, 2.75) is 62.6 Å². The first-order valence-electron chi connectivity index (χ1n) is 7.03. The number of aliphatic hydroxyl groups excluding tert-OH is 1. The molecule has 0 aromatic rings. The second-order valence-corrected chi connectivity index (χ2v) is 5.78. The van der Waals surface area contributed by atoms with Crippen molar-refractivity contribution in [3.8, 4) is 0 Å². The molecule has 2 spiro atoms. The summed E-state index contributed by atoms with van der Waals surface area (Å²) in [5.41, 5.74) is -0.525. The summed E-state index contributed by atoms with van der Waals surface area (Å²) in [6.45, 7) is 2.06. The van der Waals surface area contributed by atoms with E-state index in [9.17, 15) is 9.90 Å². The van der Waals surface area contributed by atoms with Crippen molar-refractivity contribution >= 4 is 5.78 Å². The second-order valence-electron chi connectivity index (χ2n) is 5.78. The average molecular weight is 264 g/mol. The normalized spacial score (nSPS) is 40.4. The van der Waals surface area contributed by atoms with Crippen LogP contribution >= 0.6 is 0 Å². The third-order valence-electron chi connectivity index (χ3n) is 4.25. The zero-order valence-corrected chi connectivity index (χ0v) is 11.2. The van der Waals surface area contributed by atoms with Gasteiger partial charge in [-0.15, -0.1) is 0 Å². The Morgan fingerprint density at radius 1 is 1.37 bits per heavy atom. The van der Waals surface area contributed by atoms with Gasteiger partial charge in [-0.25, -0.2) is 0 Å². The van der Waals surface area contributed by atoms with Crippen molar-refractivity contribution in [1.82, 2.24) is 0 Å². The highest BCUT2D eigenvalue weighted by atomic mass is 16.7. The van der Waals surface area contributed by atoms with Gasteiger partial charge < -0.3 is 14.6 Å². The summed E-state index contributed by atoms with van der Waals surface area (Å²) < 4.78 is 12.2. The van der Waals surface area contributed by atoms with Crippen molar-refractivity contribution in [3.63, 3.8) is 0 Å². The SMILES string of the molecule is CCC1CC(O)C[C@@]2(CCC3(C=CC(=O)C=C3)O2)O1. The van der Waals surface area contributed by atoms with E-state index in [2.05, 4.69) is 6.92 Å². The van der Waals surface area contributed by atoms with Gasteiger partial charge in [-0.2, -0.15) is 0 Å². The summed E-state index contributed by atoms with van der Waals surface area (Å²) in [6, 6.07) is 0. The summed E-state index contributed by atoms with van der Waals surface area (Å²) in [7, 11) is 0. The molecule has 3 aliphatic rings. The summed E-state index contributed by atoms with van der Waals surface area (Å²) >= 11 is 0. The summed E-state index contributed by atoms with van der Waals surface area (Å²) in [4.78, 5) is 11.2. The Morgan fingerprint density at radius 2 is 2.11 bits per heavy atom. The Labute approximate surface area is 113 Å². The topological polar surface area (TPSA) is 55.8 Å². The van der Waals surface area contributed by atoms with Crippen LogP contribution in [0.3, 0.4) is 0 Å². The zero-order valence-electron chi connectivity index (χ0n) is 11.2. The molecule has 3 atom stereocenters. The molecular formula is C15H20O4. The first-order valence-corrected chi connectivity index (χ1v) is 7.03. The van der Waals surface area contributed by atoms with Crippen molar-refractivity contribution in [2.75, 3.05) is 0 Å². The van der Waals surface area contributed by atoms with Gasteiger partial charge in [0.25, 0.3) is 0 Å². The Bertz CT molecular complexity index is 423. The highest BCUT2D eigenvalue weighted by Gasteiger charge is 2.52. The Balaban J connectivity index is 1.79. The third kappa shape index (κ3) is 2.40. The van der Waals surface area contributed by atoms with E-state index in [-0.39, 0.29) is 18.0 Å². The van der Waals surface area contributed by atoms with Crippen LogP contribution in [-0.2, 0) is 14.3 Å². The van der Waals surface area contributed by atoms with E-state index in [0.717, 1.165) is 19.3 Å². The lowest BCUT2D eigenvalue weighted by Gasteiger charge is -2.41. The fraction of sp³-hybridized carbons (Fsp3) is 0.667. The second kappa shape index (κ2) is 4.54. The fourth-order valence-corrected chi connectivity index (χ4v) is 3.25. The van der Waals surface area contributed by atoms with E-state index in [0.29, 0.717) is 12.8 Å². The van der Waals surface area contributed by atoms with Crippen LogP contribution in [0.5, 0.6) is 0 Å². The molecule has 2 fully saturated rings. The molecule has 0 radical (unpaired) electrons. The lowest BCUT2D eigenvalue weighted by molar-refractivity contribution is -0.291. The highest BCUT2D eigenvalue weighted by Crippen LogP contribution is 2.47. The predicted octanol–water partition coefficient (Wildman–Crippen LogP) is 1.88. The van der Waals surface area contributed by atoms with Gasteiger partial charge in [-0.3, -0.25) is 4.79 Å². The van der Waals surface area contributed by atoms with E-state index in [1.807, 2.05) is 12.2 Å². The lowest BCUT2D eigenvalue weighted by Crippen LogP contribution is -2.47. The zero-order chi connectivity index (χ0) is 13.5. The molecule has 0 aromatic carbocycles. The first kappa shape index (κ1) is 13.0. The van der Waals surface area contributed by atoms with Crippen LogP contribution in [0.25, 0.3) is 0 Å². The molecule has 1 N–H and O–H groups in total. The van der Waals surface area contributed by atoms with Crippen LogP contribution in [0, 0.1) is 0 Å². The molecule has 4 heteroatoms. The number of hydrogen-bond acceptors (Lipinski definition) is 4. The van der Waals surface area contributed by atoms with E-state index in [1.54, 1.807) is 12.2 Å². The molecule has 0 saturated carbocycles. The summed E-state index contributed by atoms with van der Waals surface area (Å²) in [5, 5.41) is 10.0. The van der Waals surface area contributed by atoms with Gasteiger partial charge in [0.15, 0.2) is 11.6 Å². The highest BCUT2D eigenvalue weighted by molar-refractivity contribution is 6.00. The minimum Gasteiger partial charge on any atom is -0.393 e.